The Morgan fingerprint density at radius 3 is 2.88 bits per heavy atom. The monoisotopic (exact) mass is 347 g/mol. The van der Waals surface area contributed by atoms with Crippen LogP contribution in [0.15, 0.2) is 31.0 Å². The van der Waals surface area contributed by atoms with Crippen molar-refractivity contribution in [3.05, 3.63) is 42.2 Å². The summed E-state index contributed by atoms with van der Waals surface area (Å²) in [4.78, 5) is 9.33. The summed E-state index contributed by atoms with van der Waals surface area (Å²) in [5.41, 5.74) is 4.17. The van der Waals surface area contributed by atoms with Gasteiger partial charge in [-0.05, 0) is 43.7 Å². The average Bonchev–Trinajstić information content (AvgIpc) is 3.10. The van der Waals surface area contributed by atoms with E-state index in [1.165, 1.54) is 19.3 Å². The molecule has 8 heteroatoms. The molecule has 0 amide bonds. The Labute approximate surface area is 149 Å². The van der Waals surface area contributed by atoms with Gasteiger partial charge in [-0.3, -0.25) is 0 Å². The zero-order valence-electron chi connectivity index (χ0n) is 14.7. The van der Waals surface area contributed by atoms with Gasteiger partial charge < -0.3 is 5.32 Å². The molecule has 0 aromatic carbocycles. The van der Waals surface area contributed by atoms with Crippen LogP contribution in [0.25, 0.3) is 11.0 Å². The molecule has 0 atom stereocenters. The normalized spacial score (nSPS) is 23.8. The molecule has 0 aliphatic heterocycles. The van der Waals surface area contributed by atoms with Crippen molar-refractivity contribution in [3.63, 3.8) is 0 Å². The van der Waals surface area contributed by atoms with Gasteiger partial charge in [-0.15, -0.1) is 4.52 Å². The zero-order chi connectivity index (χ0) is 17.5. The van der Waals surface area contributed by atoms with Crippen molar-refractivity contribution in [2.24, 2.45) is 5.92 Å². The van der Waals surface area contributed by atoms with Crippen molar-refractivity contribution in [1.29, 1.82) is 0 Å². The van der Waals surface area contributed by atoms with E-state index < -0.39 is 0 Å². The third kappa shape index (κ3) is 1.76. The Morgan fingerprint density at radius 1 is 1.27 bits per heavy atom. The van der Waals surface area contributed by atoms with Gasteiger partial charge in [0, 0.05) is 16.9 Å². The lowest BCUT2D eigenvalue weighted by molar-refractivity contribution is -0.623. The minimum Gasteiger partial charge on any atom is -0.322 e. The lowest BCUT2D eigenvalue weighted by atomic mass is 9.50. The van der Waals surface area contributed by atoms with Crippen LogP contribution in [0.3, 0.4) is 0 Å². The fourth-order valence-corrected chi connectivity index (χ4v) is 4.36. The second-order valence-corrected chi connectivity index (χ2v) is 7.72. The van der Waals surface area contributed by atoms with Crippen molar-refractivity contribution < 1.29 is 4.52 Å². The first-order valence-electron chi connectivity index (χ1n) is 8.97. The van der Waals surface area contributed by atoms with E-state index in [1.54, 1.807) is 10.8 Å². The molecule has 0 unspecified atom stereocenters. The van der Waals surface area contributed by atoms with Crippen LogP contribution in [-0.4, -0.2) is 29.5 Å². The summed E-state index contributed by atoms with van der Waals surface area (Å²) < 4.78 is 5.85. The standard InChI is InChI=1S/C18H19N8/c1-11-9-24-4-3-20-25(24)10-15(11)21-17-19-8-14-12(2)23-26(16(14)22-17)18-5-13(6-18)7-18/h3-4,8-10,13H,5-7H2,1-2H3,(H,19,21,22)/q+1. The van der Waals surface area contributed by atoms with Gasteiger partial charge in [0.15, 0.2) is 11.8 Å². The van der Waals surface area contributed by atoms with Gasteiger partial charge in [0.1, 0.15) is 12.4 Å². The molecule has 26 heavy (non-hydrogen) atoms. The van der Waals surface area contributed by atoms with Crippen LogP contribution in [0.2, 0.25) is 0 Å². The van der Waals surface area contributed by atoms with Gasteiger partial charge in [-0.25, -0.2) is 9.67 Å². The average molecular weight is 347 g/mol. The minimum absolute atomic E-state index is 0.212. The maximum atomic E-state index is 4.81. The van der Waals surface area contributed by atoms with Crippen molar-refractivity contribution in [3.8, 4) is 0 Å². The molecule has 8 nitrogen and oxygen atoms in total. The maximum absolute atomic E-state index is 4.81. The van der Waals surface area contributed by atoms with E-state index in [0.717, 1.165) is 33.9 Å². The fourth-order valence-electron chi connectivity index (χ4n) is 4.36. The van der Waals surface area contributed by atoms with Gasteiger partial charge in [0.05, 0.1) is 22.3 Å². The SMILES string of the molecule is Cc1c[n+]2ccnn2cc1Nc1ncc2c(C)nn(C34CC(C3)C4)c2n1. The first-order valence-corrected chi connectivity index (χ1v) is 8.97. The Hall–Kier alpha value is -3.03. The minimum atomic E-state index is 0.212. The van der Waals surface area contributed by atoms with Crippen LogP contribution < -0.4 is 9.83 Å². The van der Waals surface area contributed by atoms with Gasteiger partial charge in [-0.1, -0.05) is 0 Å². The molecule has 4 aromatic rings. The van der Waals surface area contributed by atoms with Crippen molar-refractivity contribution >= 4 is 22.7 Å². The molecule has 3 aliphatic carbocycles. The van der Waals surface area contributed by atoms with E-state index >= 15 is 0 Å². The van der Waals surface area contributed by atoms with Crippen LogP contribution in [0.4, 0.5) is 11.6 Å². The number of nitrogens with zero attached hydrogens (tertiary/aromatic N) is 7. The summed E-state index contributed by atoms with van der Waals surface area (Å²) in [7, 11) is 0. The lowest BCUT2D eigenvalue weighted by Gasteiger charge is -2.61. The molecular weight excluding hydrogens is 328 g/mol. The van der Waals surface area contributed by atoms with E-state index in [4.69, 9.17) is 10.1 Å². The Morgan fingerprint density at radius 2 is 2.12 bits per heavy atom. The third-order valence-electron chi connectivity index (χ3n) is 5.95. The highest BCUT2D eigenvalue weighted by Crippen LogP contribution is 2.62. The van der Waals surface area contributed by atoms with E-state index in [2.05, 4.69) is 27.0 Å². The summed E-state index contributed by atoms with van der Waals surface area (Å²) in [6.07, 6.45) is 13.2. The number of anilines is 2. The lowest BCUT2D eigenvalue weighted by Crippen LogP contribution is -2.59. The molecule has 0 spiro atoms. The first kappa shape index (κ1) is 14.2. The molecular formula is C18H19N8+. The number of aromatic nitrogens is 7. The van der Waals surface area contributed by atoms with Crippen LogP contribution in [0.5, 0.6) is 0 Å². The van der Waals surface area contributed by atoms with Gasteiger partial charge >= 0.3 is 0 Å². The van der Waals surface area contributed by atoms with Gasteiger partial charge in [-0.2, -0.15) is 10.1 Å². The number of nitrogens with one attached hydrogen (secondary N) is 1. The largest absolute Gasteiger partial charge is 0.322 e. The molecule has 0 radical (unpaired) electrons. The third-order valence-corrected chi connectivity index (χ3v) is 5.95. The van der Waals surface area contributed by atoms with E-state index in [1.807, 2.05) is 36.2 Å². The van der Waals surface area contributed by atoms with E-state index in [-0.39, 0.29) is 5.54 Å². The Bertz CT molecular complexity index is 1170. The topological polar surface area (TPSA) is 77.0 Å². The molecule has 4 aromatic heterocycles. The van der Waals surface area contributed by atoms with Gasteiger partial charge in [0.2, 0.25) is 12.1 Å². The first-order chi connectivity index (χ1) is 12.6. The smallest absolute Gasteiger partial charge is 0.229 e. The number of hydrogen-bond acceptors (Lipinski definition) is 5. The number of hydrogen-bond donors (Lipinski definition) is 1. The van der Waals surface area contributed by atoms with Crippen LogP contribution in [0.1, 0.15) is 30.5 Å². The maximum Gasteiger partial charge on any atom is 0.229 e. The van der Waals surface area contributed by atoms with E-state index in [0.29, 0.717) is 5.95 Å². The number of aryl methyl sites for hydroxylation is 2. The second-order valence-electron chi connectivity index (χ2n) is 7.72. The van der Waals surface area contributed by atoms with Crippen molar-refractivity contribution in [2.75, 3.05) is 5.32 Å². The predicted octanol–water partition coefficient (Wildman–Crippen LogP) is 1.93. The summed E-state index contributed by atoms with van der Waals surface area (Å²) in [5.74, 6) is 1.49. The summed E-state index contributed by atoms with van der Waals surface area (Å²) in [6.45, 7) is 4.09. The molecule has 0 saturated heterocycles. The van der Waals surface area contributed by atoms with Gasteiger partial charge in [0.25, 0.3) is 0 Å². The Balaban J connectivity index is 1.44. The highest BCUT2D eigenvalue weighted by atomic mass is 15.5. The van der Waals surface area contributed by atoms with Crippen molar-refractivity contribution in [2.45, 2.75) is 38.6 Å². The molecule has 1 N–H and O–H groups in total. The van der Waals surface area contributed by atoms with Crippen molar-refractivity contribution in [1.82, 2.24) is 29.5 Å². The highest BCUT2D eigenvalue weighted by molar-refractivity contribution is 5.79. The summed E-state index contributed by atoms with van der Waals surface area (Å²) >= 11 is 0. The molecule has 130 valence electrons. The quantitative estimate of drug-likeness (QED) is 0.573. The zero-order valence-corrected chi connectivity index (χ0v) is 14.7. The van der Waals surface area contributed by atoms with Crippen LogP contribution in [-0.2, 0) is 5.54 Å². The molecule has 7 rings (SSSR count). The Kier molecular flexibility index (Phi) is 2.49. The van der Waals surface area contributed by atoms with Crippen LogP contribution >= 0.6 is 0 Å². The van der Waals surface area contributed by atoms with Crippen LogP contribution in [0, 0.1) is 19.8 Å². The van der Waals surface area contributed by atoms with E-state index in [9.17, 15) is 0 Å². The molecule has 3 aliphatic rings. The predicted molar refractivity (Wildman–Crippen MR) is 94.2 cm³/mol. The fraction of sp³-hybridized carbons (Fsp3) is 0.389. The number of rotatable bonds is 3. The molecule has 3 saturated carbocycles. The number of fused-ring (bicyclic) bond motifs is 2. The molecule has 4 heterocycles. The molecule has 3 fully saturated rings. The second kappa shape index (κ2) is 4.57. The summed E-state index contributed by atoms with van der Waals surface area (Å²) in [6, 6.07) is 0. The summed E-state index contributed by atoms with van der Waals surface area (Å²) in [5, 5.41) is 13.4. The molecule has 2 bridgehead atoms. The highest BCUT2D eigenvalue weighted by Gasteiger charge is 2.59.